The van der Waals surface area contributed by atoms with Crippen molar-refractivity contribution in [2.75, 3.05) is 11.4 Å². The summed E-state index contributed by atoms with van der Waals surface area (Å²) in [5, 5.41) is 6.81. The van der Waals surface area contributed by atoms with Crippen LogP contribution in [0.3, 0.4) is 0 Å². The Morgan fingerprint density at radius 1 is 1.28 bits per heavy atom. The first kappa shape index (κ1) is 17.1. The number of aryl methyl sites for hydroxylation is 4. The molecule has 3 rings (SSSR count). The van der Waals surface area contributed by atoms with Crippen LogP contribution in [-0.2, 0) is 16.1 Å². The third-order valence-corrected chi connectivity index (χ3v) is 4.48. The number of rotatable bonds is 5. The molecule has 1 N–H and O–H groups in total. The third kappa shape index (κ3) is 3.70. The normalized spacial score (nSPS) is 17.2. The first-order valence-corrected chi connectivity index (χ1v) is 8.46. The van der Waals surface area contributed by atoms with E-state index < -0.39 is 6.04 Å². The molecule has 1 aromatic heterocycles. The van der Waals surface area contributed by atoms with E-state index in [0.717, 1.165) is 16.8 Å². The lowest BCUT2D eigenvalue weighted by atomic mass is 10.0. The number of nitrogens with one attached hydrogen (secondary N) is 1. The third-order valence-electron chi connectivity index (χ3n) is 4.48. The summed E-state index contributed by atoms with van der Waals surface area (Å²) >= 11 is 0. The summed E-state index contributed by atoms with van der Waals surface area (Å²) in [6.07, 6.45) is 3.90. The number of benzene rings is 1. The molecule has 1 saturated heterocycles. The zero-order valence-corrected chi connectivity index (χ0v) is 14.8. The second-order valence-electron chi connectivity index (χ2n) is 6.55. The quantitative estimate of drug-likeness (QED) is 0.894. The number of carbonyl (C=O) groups is 2. The highest BCUT2D eigenvalue weighted by Crippen LogP contribution is 2.30. The maximum Gasteiger partial charge on any atom is 0.249 e. The minimum atomic E-state index is -0.455. The molecule has 25 heavy (non-hydrogen) atoms. The minimum absolute atomic E-state index is 0.0378. The molecular weight excluding hydrogens is 318 g/mol. The predicted molar refractivity (Wildman–Crippen MR) is 94.2 cm³/mol. The van der Waals surface area contributed by atoms with E-state index in [9.17, 15) is 9.59 Å². The van der Waals surface area contributed by atoms with Crippen LogP contribution >= 0.6 is 0 Å². The number of anilines is 1. The molecule has 1 unspecified atom stereocenters. The number of carbonyl (C=O) groups excluding carboxylic acids is 2. The van der Waals surface area contributed by atoms with Crippen molar-refractivity contribution in [2.24, 2.45) is 0 Å². The van der Waals surface area contributed by atoms with Crippen molar-refractivity contribution in [3.05, 3.63) is 41.5 Å². The first-order valence-electron chi connectivity index (χ1n) is 8.46. The van der Waals surface area contributed by atoms with Crippen molar-refractivity contribution in [3.8, 4) is 0 Å². The fraction of sp³-hybridized carbons (Fsp3) is 0.444. The summed E-state index contributed by atoms with van der Waals surface area (Å²) in [6.45, 7) is 7.16. The van der Waals surface area contributed by atoms with E-state index in [1.165, 1.54) is 11.9 Å². The van der Waals surface area contributed by atoms with Gasteiger partial charge in [-0.25, -0.2) is 4.98 Å². The van der Waals surface area contributed by atoms with Gasteiger partial charge in [-0.05, 0) is 38.3 Å². The van der Waals surface area contributed by atoms with Gasteiger partial charge in [-0.3, -0.25) is 14.3 Å². The number of aromatic nitrogens is 3. The number of hydrogen-bond donors (Lipinski definition) is 1. The Bertz CT molecular complexity index is 762. The molecule has 1 aliphatic heterocycles. The maximum absolute atomic E-state index is 12.7. The van der Waals surface area contributed by atoms with E-state index in [1.54, 1.807) is 15.9 Å². The molecule has 1 aromatic carbocycles. The second-order valence-corrected chi connectivity index (χ2v) is 6.55. The SMILES string of the molecule is Cc1cc(C)c(N2CCC(NC(=O)CCn3cncn3)C2=O)c(C)c1. The van der Waals surface area contributed by atoms with Crippen LogP contribution in [0.25, 0.3) is 0 Å². The Balaban J connectivity index is 1.63. The molecule has 1 atom stereocenters. The first-order chi connectivity index (χ1) is 12.0. The molecule has 0 aliphatic carbocycles. The van der Waals surface area contributed by atoms with Gasteiger partial charge in [0.05, 0.1) is 6.54 Å². The highest BCUT2D eigenvalue weighted by molar-refractivity contribution is 6.02. The molecule has 2 heterocycles. The summed E-state index contributed by atoms with van der Waals surface area (Å²) in [5.41, 5.74) is 4.33. The summed E-state index contributed by atoms with van der Waals surface area (Å²) in [4.78, 5) is 30.5. The van der Waals surface area contributed by atoms with Crippen LogP contribution in [0.2, 0.25) is 0 Å². The standard InChI is InChI=1S/C18H23N5O2/c1-12-8-13(2)17(14(3)9-12)23-7-4-15(18(23)25)21-16(24)5-6-22-11-19-10-20-22/h8-11,15H,4-7H2,1-3H3,(H,21,24). The summed E-state index contributed by atoms with van der Waals surface area (Å²) in [7, 11) is 0. The van der Waals surface area contributed by atoms with E-state index in [-0.39, 0.29) is 18.2 Å². The molecule has 0 spiro atoms. The van der Waals surface area contributed by atoms with Gasteiger partial charge in [-0.2, -0.15) is 5.10 Å². The van der Waals surface area contributed by atoms with Gasteiger partial charge in [0.2, 0.25) is 11.8 Å². The van der Waals surface area contributed by atoms with Crippen molar-refractivity contribution in [1.82, 2.24) is 20.1 Å². The van der Waals surface area contributed by atoms with Crippen LogP contribution in [-0.4, -0.2) is 39.2 Å². The van der Waals surface area contributed by atoms with E-state index in [0.29, 0.717) is 19.5 Å². The zero-order chi connectivity index (χ0) is 18.0. The average Bonchev–Trinajstić information content (AvgIpc) is 3.17. The van der Waals surface area contributed by atoms with E-state index in [1.807, 2.05) is 20.8 Å². The highest BCUT2D eigenvalue weighted by Gasteiger charge is 2.34. The van der Waals surface area contributed by atoms with Crippen LogP contribution < -0.4 is 10.2 Å². The van der Waals surface area contributed by atoms with Gasteiger partial charge in [-0.15, -0.1) is 0 Å². The smallest absolute Gasteiger partial charge is 0.249 e. The average molecular weight is 341 g/mol. The Hall–Kier alpha value is -2.70. The Labute approximate surface area is 147 Å². The van der Waals surface area contributed by atoms with Crippen molar-refractivity contribution in [2.45, 2.75) is 46.2 Å². The van der Waals surface area contributed by atoms with Crippen molar-refractivity contribution in [1.29, 1.82) is 0 Å². The van der Waals surface area contributed by atoms with Crippen LogP contribution in [0.5, 0.6) is 0 Å². The summed E-state index contributed by atoms with van der Waals surface area (Å²) in [6, 6.07) is 3.71. The number of amides is 2. The lowest BCUT2D eigenvalue weighted by molar-refractivity contribution is -0.126. The second kappa shape index (κ2) is 7.04. The van der Waals surface area contributed by atoms with Crippen LogP contribution in [0, 0.1) is 20.8 Å². The number of hydrogen-bond acceptors (Lipinski definition) is 4. The largest absolute Gasteiger partial charge is 0.344 e. The lowest BCUT2D eigenvalue weighted by Crippen LogP contribution is -2.42. The minimum Gasteiger partial charge on any atom is -0.344 e. The molecule has 0 bridgehead atoms. The zero-order valence-electron chi connectivity index (χ0n) is 14.8. The van der Waals surface area contributed by atoms with Crippen molar-refractivity contribution in [3.63, 3.8) is 0 Å². The predicted octanol–water partition coefficient (Wildman–Crippen LogP) is 1.52. The Kier molecular flexibility index (Phi) is 4.83. The van der Waals surface area contributed by atoms with Crippen molar-refractivity contribution < 1.29 is 9.59 Å². The fourth-order valence-corrected chi connectivity index (χ4v) is 3.46. The molecule has 2 amide bonds. The van der Waals surface area contributed by atoms with Crippen LogP contribution in [0.4, 0.5) is 5.69 Å². The van der Waals surface area contributed by atoms with Crippen LogP contribution in [0.15, 0.2) is 24.8 Å². The van der Waals surface area contributed by atoms with Gasteiger partial charge < -0.3 is 10.2 Å². The molecule has 132 valence electrons. The molecule has 0 radical (unpaired) electrons. The van der Waals surface area contributed by atoms with Gasteiger partial charge in [0.15, 0.2) is 0 Å². The highest BCUT2D eigenvalue weighted by atomic mass is 16.2. The fourth-order valence-electron chi connectivity index (χ4n) is 3.46. The molecule has 2 aromatic rings. The molecule has 1 aliphatic rings. The molecule has 1 fully saturated rings. The Morgan fingerprint density at radius 2 is 2.00 bits per heavy atom. The van der Waals surface area contributed by atoms with E-state index in [4.69, 9.17) is 0 Å². The monoisotopic (exact) mass is 341 g/mol. The molecular formula is C18H23N5O2. The lowest BCUT2D eigenvalue weighted by Gasteiger charge is -2.22. The maximum atomic E-state index is 12.7. The molecule has 7 nitrogen and oxygen atoms in total. The van der Waals surface area contributed by atoms with Gasteiger partial charge in [0.1, 0.15) is 18.7 Å². The Morgan fingerprint density at radius 3 is 2.64 bits per heavy atom. The molecule has 7 heteroatoms. The van der Waals surface area contributed by atoms with Gasteiger partial charge in [0, 0.05) is 18.7 Å². The van der Waals surface area contributed by atoms with Gasteiger partial charge in [0.25, 0.3) is 0 Å². The van der Waals surface area contributed by atoms with Crippen molar-refractivity contribution >= 4 is 17.5 Å². The summed E-state index contributed by atoms with van der Waals surface area (Å²) in [5.74, 6) is -0.183. The van der Waals surface area contributed by atoms with Gasteiger partial charge in [-0.1, -0.05) is 17.7 Å². The number of nitrogens with zero attached hydrogens (tertiary/aromatic N) is 4. The topological polar surface area (TPSA) is 80.1 Å². The van der Waals surface area contributed by atoms with Crippen LogP contribution in [0.1, 0.15) is 29.5 Å². The van der Waals surface area contributed by atoms with E-state index in [2.05, 4.69) is 27.5 Å². The summed E-state index contributed by atoms with van der Waals surface area (Å²) < 4.78 is 1.60. The van der Waals surface area contributed by atoms with Gasteiger partial charge >= 0.3 is 0 Å². The van der Waals surface area contributed by atoms with E-state index >= 15 is 0 Å². The molecule has 0 saturated carbocycles.